The molecule has 2 N–H and O–H groups in total. The summed E-state index contributed by atoms with van der Waals surface area (Å²) < 4.78 is 0. The van der Waals surface area contributed by atoms with Crippen LogP contribution in [-0.2, 0) is 0 Å². The number of aliphatic hydroxyl groups excluding tert-OH is 2. The summed E-state index contributed by atoms with van der Waals surface area (Å²) in [4.78, 5) is 2.39. The van der Waals surface area contributed by atoms with Crippen molar-refractivity contribution in [1.82, 2.24) is 4.90 Å². The Kier molecular flexibility index (Phi) is 2.58. The van der Waals surface area contributed by atoms with Gasteiger partial charge < -0.3 is 10.2 Å². The predicted octanol–water partition coefficient (Wildman–Crippen LogP) is 0.355. The topological polar surface area (TPSA) is 43.7 Å². The summed E-state index contributed by atoms with van der Waals surface area (Å²) in [7, 11) is 0. The summed E-state index contributed by atoms with van der Waals surface area (Å²) in [6.07, 6.45) is 3.89. The Labute approximate surface area is 79.4 Å². The molecular weight excluding hydrogens is 166 g/mol. The Morgan fingerprint density at radius 1 is 1.31 bits per heavy atom. The van der Waals surface area contributed by atoms with Gasteiger partial charge in [0.15, 0.2) is 0 Å². The molecule has 2 heterocycles. The van der Waals surface area contributed by atoms with E-state index in [0.717, 1.165) is 19.4 Å². The maximum Gasteiger partial charge on any atom is 0.0639 e. The minimum absolute atomic E-state index is 0.0947. The fraction of sp³-hybridized carbons (Fsp3) is 1.00. The molecule has 2 aliphatic rings. The summed E-state index contributed by atoms with van der Waals surface area (Å²) in [5, 5.41) is 18.9. The van der Waals surface area contributed by atoms with Crippen molar-refractivity contribution < 1.29 is 10.2 Å². The third-order valence-corrected chi connectivity index (χ3v) is 3.33. The zero-order valence-corrected chi connectivity index (χ0v) is 8.19. The highest BCUT2D eigenvalue weighted by Crippen LogP contribution is 2.35. The van der Waals surface area contributed by atoms with Gasteiger partial charge in [0.2, 0.25) is 0 Å². The van der Waals surface area contributed by atoms with Crippen molar-refractivity contribution in [1.29, 1.82) is 0 Å². The second-order valence-corrected chi connectivity index (χ2v) is 4.56. The van der Waals surface area contributed by atoms with Crippen molar-refractivity contribution >= 4 is 0 Å². The average molecular weight is 185 g/mol. The highest BCUT2D eigenvalue weighted by atomic mass is 16.3. The van der Waals surface area contributed by atoms with Gasteiger partial charge in [0, 0.05) is 18.6 Å². The van der Waals surface area contributed by atoms with E-state index in [1.54, 1.807) is 0 Å². The van der Waals surface area contributed by atoms with Gasteiger partial charge in [-0.25, -0.2) is 0 Å². The third-order valence-electron chi connectivity index (χ3n) is 3.33. The van der Waals surface area contributed by atoms with Crippen LogP contribution in [0.4, 0.5) is 0 Å². The molecule has 0 spiro atoms. The summed E-state index contributed by atoms with van der Waals surface area (Å²) in [5.74, 6) is 0. The van der Waals surface area contributed by atoms with Crippen LogP contribution in [-0.4, -0.2) is 45.9 Å². The van der Waals surface area contributed by atoms with Gasteiger partial charge in [0.25, 0.3) is 0 Å². The van der Waals surface area contributed by atoms with E-state index in [1.807, 2.05) is 6.92 Å². The number of rotatable bonds is 2. The Balaban J connectivity index is 1.98. The zero-order chi connectivity index (χ0) is 9.42. The van der Waals surface area contributed by atoms with E-state index < -0.39 is 0 Å². The maximum absolute atomic E-state index is 9.55. The van der Waals surface area contributed by atoms with Gasteiger partial charge >= 0.3 is 0 Å². The third kappa shape index (κ3) is 1.87. The van der Waals surface area contributed by atoms with Crippen LogP contribution in [0.5, 0.6) is 0 Å². The summed E-state index contributed by atoms with van der Waals surface area (Å²) in [6.45, 7) is 2.62. The van der Waals surface area contributed by atoms with Crippen LogP contribution >= 0.6 is 0 Å². The number of hydrogen-bond acceptors (Lipinski definition) is 3. The molecule has 2 aliphatic heterocycles. The standard InChI is InChI=1S/C10H19NO2/c1-7(12)6-11-8-2-3-9(11)5-10(13)4-8/h7-10,12-13H,2-6H2,1H3/t7-,8?,9?,10?/m0/s1. The minimum atomic E-state index is -0.238. The fourth-order valence-corrected chi connectivity index (χ4v) is 2.85. The van der Waals surface area contributed by atoms with Crippen molar-refractivity contribution in [3.05, 3.63) is 0 Å². The molecule has 2 bridgehead atoms. The van der Waals surface area contributed by atoms with Gasteiger partial charge in [0.05, 0.1) is 12.2 Å². The monoisotopic (exact) mass is 185 g/mol. The lowest BCUT2D eigenvalue weighted by Crippen LogP contribution is -2.47. The smallest absolute Gasteiger partial charge is 0.0639 e. The van der Waals surface area contributed by atoms with E-state index in [9.17, 15) is 10.2 Å². The summed E-state index contributed by atoms with van der Waals surface area (Å²) in [6, 6.07) is 1.06. The second kappa shape index (κ2) is 3.56. The van der Waals surface area contributed by atoms with Crippen LogP contribution in [0.2, 0.25) is 0 Å². The molecule has 0 saturated carbocycles. The molecular formula is C10H19NO2. The SMILES string of the molecule is C[C@H](O)CN1C2CCC1CC(O)C2. The number of hydrogen-bond donors (Lipinski definition) is 2. The van der Waals surface area contributed by atoms with E-state index in [2.05, 4.69) is 4.90 Å². The van der Waals surface area contributed by atoms with Crippen LogP contribution < -0.4 is 0 Å². The van der Waals surface area contributed by atoms with E-state index in [0.29, 0.717) is 12.1 Å². The van der Waals surface area contributed by atoms with Gasteiger partial charge in [-0.1, -0.05) is 0 Å². The first kappa shape index (κ1) is 9.44. The highest BCUT2D eigenvalue weighted by molar-refractivity contribution is 4.95. The Hall–Kier alpha value is -0.120. The molecule has 3 atom stereocenters. The van der Waals surface area contributed by atoms with Crippen molar-refractivity contribution in [2.45, 2.75) is 56.9 Å². The van der Waals surface area contributed by atoms with Gasteiger partial charge in [-0.3, -0.25) is 4.90 Å². The lowest BCUT2D eigenvalue weighted by molar-refractivity contribution is 0.0122. The molecule has 2 saturated heterocycles. The zero-order valence-electron chi connectivity index (χ0n) is 8.19. The normalized spacial score (nSPS) is 42.2. The molecule has 13 heavy (non-hydrogen) atoms. The molecule has 0 amide bonds. The lowest BCUT2D eigenvalue weighted by Gasteiger charge is -2.37. The van der Waals surface area contributed by atoms with Crippen LogP contribution in [0, 0.1) is 0 Å². The first-order valence-electron chi connectivity index (χ1n) is 5.28. The van der Waals surface area contributed by atoms with E-state index >= 15 is 0 Å². The molecule has 0 aliphatic carbocycles. The molecule has 0 aromatic rings. The molecule has 76 valence electrons. The van der Waals surface area contributed by atoms with Crippen molar-refractivity contribution in [3.63, 3.8) is 0 Å². The second-order valence-electron chi connectivity index (χ2n) is 4.56. The van der Waals surface area contributed by atoms with Gasteiger partial charge in [-0.15, -0.1) is 0 Å². The Morgan fingerprint density at radius 3 is 2.31 bits per heavy atom. The van der Waals surface area contributed by atoms with Crippen molar-refractivity contribution in [2.75, 3.05) is 6.54 Å². The van der Waals surface area contributed by atoms with Crippen LogP contribution in [0.1, 0.15) is 32.6 Å². The maximum atomic E-state index is 9.55. The molecule has 0 aromatic heterocycles. The molecule has 2 rings (SSSR count). The molecule has 0 aromatic carbocycles. The quantitative estimate of drug-likeness (QED) is 0.652. The van der Waals surface area contributed by atoms with Gasteiger partial charge in [-0.05, 0) is 32.6 Å². The van der Waals surface area contributed by atoms with Crippen LogP contribution in [0.15, 0.2) is 0 Å². The molecule has 3 nitrogen and oxygen atoms in total. The van der Waals surface area contributed by atoms with Gasteiger partial charge in [-0.2, -0.15) is 0 Å². The van der Waals surface area contributed by atoms with Crippen molar-refractivity contribution in [3.8, 4) is 0 Å². The molecule has 0 radical (unpaired) electrons. The molecule has 2 unspecified atom stereocenters. The first-order valence-corrected chi connectivity index (χ1v) is 5.28. The predicted molar refractivity (Wildman–Crippen MR) is 50.4 cm³/mol. The molecule has 3 heteroatoms. The Morgan fingerprint density at radius 2 is 1.85 bits per heavy atom. The number of aliphatic hydroxyl groups is 2. The van der Waals surface area contributed by atoms with E-state index in [-0.39, 0.29) is 12.2 Å². The number of nitrogens with zero attached hydrogens (tertiary/aromatic N) is 1. The van der Waals surface area contributed by atoms with E-state index in [4.69, 9.17) is 0 Å². The summed E-state index contributed by atoms with van der Waals surface area (Å²) in [5.41, 5.74) is 0. The number of fused-ring (bicyclic) bond motifs is 2. The highest BCUT2D eigenvalue weighted by Gasteiger charge is 2.40. The van der Waals surface area contributed by atoms with Crippen LogP contribution in [0.3, 0.4) is 0 Å². The van der Waals surface area contributed by atoms with E-state index in [1.165, 1.54) is 12.8 Å². The molecule has 2 fully saturated rings. The fourth-order valence-electron chi connectivity index (χ4n) is 2.85. The first-order chi connectivity index (χ1) is 6.16. The number of piperidine rings is 1. The van der Waals surface area contributed by atoms with Crippen molar-refractivity contribution in [2.24, 2.45) is 0 Å². The lowest BCUT2D eigenvalue weighted by atomic mass is 9.99. The largest absolute Gasteiger partial charge is 0.393 e. The van der Waals surface area contributed by atoms with Gasteiger partial charge in [0.1, 0.15) is 0 Å². The Bertz CT molecular complexity index is 170. The van der Waals surface area contributed by atoms with Crippen LogP contribution in [0.25, 0.3) is 0 Å². The average Bonchev–Trinajstić information content (AvgIpc) is 2.32. The summed E-state index contributed by atoms with van der Waals surface area (Å²) >= 11 is 0. The minimum Gasteiger partial charge on any atom is -0.393 e.